The van der Waals surface area contributed by atoms with Gasteiger partial charge in [-0.05, 0) is 48.7 Å². The number of aliphatic carboxylic acids is 1. The number of carbonyl (C=O) groups is 1. The maximum Gasteiger partial charge on any atom is 0.314 e. The van der Waals surface area contributed by atoms with E-state index in [0.717, 1.165) is 23.4 Å². The number of benzene rings is 2. The predicted octanol–water partition coefficient (Wildman–Crippen LogP) is 3.81. The molecule has 3 rings (SSSR count). The van der Waals surface area contributed by atoms with E-state index in [0.29, 0.717) is 18.4 Å². The first-order valence-electron chi connectivity index (χ1n) is 7.25. The number of nitrogens with one attached hydrogen (secondary N) is 1. The molecule has 0 amide bonds. The van der Waals surface area contributed by atoms with Gasteiger partial charge in [0.15, 0.2) is 0 Å². The fraction of sp³-hybridized carbons (Fsp3) is 0.222. The lowest BCUT2D eigenvalue weighted by atomic mass is 9.64. The van der Waals surface area contributed by atoms with E-state index in [1.54, 1.807) is 12.1 Å². The van der Waals surface area contributed by atoms with E-state index in [9.17, 15) is 9.90 Å². The molecule has 4 nitrogen and oxygen atoms in total. The van der Waals surface area contributed by atoms with Crippen molar-refractivity contribution in [3.8, 4) is 6.07 Å². The topological polar surface area (TPSA) is 73.1 Å². The van der Waals surface area contributed by atoms with Crippen molar-refractivity contribution < 1.29 is 9.90 Å². The summed E-state index contributed by atoms with van der Waals surface area (Å²) in [5, 5.41) is 21.6. The zero-order chi connectivity index (χ0) is 15.6. The van der Waals surface area contributed by atoms with Crippen LogP contribution in [0.5, 0.6) is 0 Å². The summed E-state index contributed by atoms with van der Waals surface area (Å²) in [7, 11) is 0. The molecule has 1 fully saturated rings. The summed E-state index contributed by atoms with van der Waals surface area (Å²) in [6.07, 6.45) is 2.38. The van der Waals surface area contributed by atoms with E-state index >= 15 is 0 Å². The Hall–Kier alpha value is -2.80. The molecule has 2 aromatic rings. The predicted molar refractivity (Wildman–Crippen MR) is 84.0 cm³/mol. The van der Waals surface area contributed by atoms with Crippen LogP contribution in [-0.2, 0) is 10.2 Å². The number of rotatable bonds is 4. The van der Waals surface area contributed by atoms with Gasteiger partial charge in [-0.15, -0.1) is 0 Å². The first-order chi connectivity index (χ1) is 10.6. The van der Waals surface area contributed by atoms with Crippen LogP contribution in [0.1, 0.15) is 30.4 Å². The lowest BCUT2D eigenvalue weighted by Gasteiger charge is -2.38. The molecule has 2 N–H and O–H groups in total. The highest BCUT2D eigenvalue weighted by Gasteiger charge is 2.45. The van der Waals surface area contributed by atoms with Crippen LogP contribution in [0.3, 0.4) is 0 Å². The van der Waals surface area contributed by atoms with Crippen molar-refractivity contribution in [2.75, 3.05) is 5.32 Å². The molecule has 1 saturated carbocycles. The van der Waals surface area contributed by atoms with Gasteiger partial charge in [0.05, 0.1) is 17.0 Å². The van der Waals surface area contributed by atoms with Crippen LogP contribution < -0.4 is 5.32 Å². The van der Waals surface area contributed by atoms with Crippen molar-refractivity contribution in [1.82, 2.24) is 0 Å². The number of nitrogens with zero attached hydrogens (tertiary/aromatic N) is 1. The summed E-state index contributed by atoms with van der Waals surface area (Å²) < 4.78 is 0. The first kappa shape index (κ1) is 14.2. The highest BCUT2D eigenvalue weighted by molar-refractivity contribution is 5.82. The quantitative estimate of drug-likeness (QED) is 0.898. The van der Waals surface area contributed by atoms with Crippen LogP contribution in [0.4, 0.5) is 11.4 Å². The van der Waals surface area contributed by atoms with Crippen molar-refractivity contribution in [3.63, 3.8) is 0 Å². The zero-order valence-corrected chi connectivity index (χ0v) is 12.0. The third-order valence-electron chi connectivity index (χ3n) is 4.33. The van der Waals surface area contributed by atoms with E-state index < -0.39 is 11.4 Å². The maximum absolute atomic E-state index is 11.5. The average molecular weight is 292 g/mol. The second-order valence-electron chi connectivity index (χ2n) is 5.64. The molecule has 0 atom stereocenters. The molecule has 0 bridgehead atoms. The molecule has 0 aliphatic heterocycles. The van der Waals surface area contributed by atoms with Gasteiger partial charge in [-0.1, -0.05) is 24.6 Å². The van der Waals surface area contributed by atoms with E-state index in [4.69, 9.17) is 5.26 Å². The molecule has 0 spiro atoms. The van der Waals surface area contributed by atoms with Gasteiger partial charge in [0, 0.05) is 11.4 Å². The Morgan fingerprint density at radius 3 is 2.41 bits per heavy atom. The summed E-state index contributed by atoms with van der Waals surface area (Å²) in [5.74, 6) is -0.735. The zero-order valence-electron chi connectivity index (χ0n) is 12.0. The Morgan fingerprint density at radius 1 is 1.14 bits per heavy atom. The van der Waals surface area contributed by atoms with Crippen LogP contribution in [0.2, 0.25) is 0 Å². The Balaban J connectivity index is 1.80. The van der Waals surface area contributed by atoms with E-state index in [-0.39, 0.29) is 0 Å². The van der Waals surface area contributed by atoms with Gasteiger partial charge in [-0.2, -0.15) is 5.26 Å². The van der Waals surface area contributed by atoms with E-state index in [1.807, 2.05) is 36.4 Å². The summed E-state index contributed by atoms with van der Waals surface area (Å²) in [6, 6.07) is 16.9. The number of nitriles is 1. The minimum Gasteiger partial charge on any atom is -0.481 e. The Bertz CT molecular complexity index is 740. The van der Waals surface area contributed by atoms with Crippen LogP contribution in [0.25, 0.3) is 0 Å². The second-order valence-corrected chi connectivity index (χ2v) is 5.64. The normalized spacial score (nSPS) is 15.4. The van der Waals surface area contributed by atoms with Crippen LogP contribution >= 0.6 is 0 Å². The van der Waals surface area contributed by atoms with Gasteiger partial charge < -0.3 is 10.4 Å². The molecule has 2 aromatic carbocycles. The highest BCUT2D eigenvalue weighted by atomic mass is 16.4. The van der Waals surface area contributed by atoms with Crippen molar-refractivity contribution in [3.05, 3.63) is 59.7 Å². The average Bonchev–Trinajstić information content (AvgIpc) is 2.48. The molecule has 0 heterocycles. The Kier molecular flexibility index (Phi) is 3.56. The summed E-state index contributed by atoms with van der Waals surface area (Å²) in [4.78, 5) is 11.5. The van der Waals surface area contributed by atoms with Gasteiger partial charge in [0.2, 0.25) is 0 Å². The SMILES string of the molecule is N#Cc1cccc(Nc2ccc(C3(C(=O)O)CCC3)cc2)c1. The van der Waals surface area contributed by atoms with Crippen molar-refractivity contribution in [2.24, 2.45) is 0 Å². The summed E-state index contributed by atoms with van der Waals surface area (Å²) in [6.45, 7) is 0. The Labute approximate surface area is 129 Å². The van der Waals surface area contributed by atoms with Gasteiger partial charge in [-0.25, -0.2) is 0 Å². The third kappa shape index (κ3) is 2.42. The maximum atomic E-state index is 11.5. The van der Waals surface area contributed by atoms with Crippen LogP contribution in [0, 0.1) is 11.3 Å². The number of anilines is 2. The lowest BCUT2D eigenvalue weighted by molar-refractivity contribution is -0.147. The molecular weight excluding hydrogens is 276 g/mol. The minimum absolute atomic E-state index is 0.598. The molecule has 110 valence electrons. The monoisotopic (exact) mass is 292 g/mol. The highest BCUT2D eigenvalue weighted by Crippen LogP contribution is 2.44. The standard InChI is InChI=1S/C18H16N2O2/c19-12-13-3-1-4-16(11-13)20-15-7-5-14(6-8-15)18(17(21)22)9-2-10-18/h1,3-8,11,20H,2,9-10H2,(H,21,22). The largest absolute Gasteiger partial charge is 0.481 e. The van der Waals surface area contributed by atoms with Crippen molar-refractivity contribution >= 4 is 17.3 Å². The van der Waals surface area contributed by atoms with Crippen molar-refractivity contribution in [2.45, 2.75) is 24.7 Å². The molecule has 1 aliphatic rings. The third-order valence-corrected chi connectivity index (χ3v) is 4.33. The molecule has 0 radical (unpaired) electrons. The number of hydrogen-bond acceptors (Lipinski definition) is 3. The van der Waals surface area contributed by atoms with Gasteiger partial charge in [0.1, 0.15) is 0 Å². The fourth-order valence-corrected chi connectivity index (χ4v) is 2.86. The molecular formula is C18H16N2O2. The first-order valence-corrected chi connectivity index (χ1v) is 7.25. The molecule has 4 heteroatoms. The molecule has 1 aliphatic carbocycles. The summed E-state index contributed by atoms with van der Waals surface area (Å²) in [5.41, 5.74) is 2.48. The summed E-state index contributed by atoms with van der Waals surface area (Å²) >= 11 is 0. The molecule has 0 unspecified atom stereocenters. The second kappa shape index (κ2) is 5.53. The van der Waals surface area contributed by atoms with E-state index in [1.165, 1.54) is 0 Å². The van der Waals surface area contributed by atoms with Crippen molar-refractivity contribution in [1.29, 1.82) is 5.26 Å². The van der Waals surface area contributed by atoms with Crippen LogP contribution in [-0.4, -0.2) is 11.1 Å². The van der Waals surface area contributed by atoms with Gasteiger partial charge in [0.25, 0.3) is 0 Å². The van der Waals surface area contributed by atoms with E-state index in [2.05, 4.69) is 11.4 Å². The van der Waals surface area contributed by atoms with Gasteiger partial charge >= 0.3 is 5.97 Å². The number of hydrogen-bond donors (Lipinski definition) is 2. The molecule has 0 saturated heterocycles. The Morgan fingerprint density at radius 2 is 1.86 bits per heavy atom. The fourth-order valence-electron chi connectivity index (χ4n) is 2.86. The number of carboxylic acid groups (broad SMARTS) is 1. The van der Waals surface area contributed by atoms with Crippen LogP contribution in [0.15, 0.2) is 48.5 Å². The van der Waals surface area contributed by atoms with Gasteiger partial charge in [-0.3, -0.25) is 4.79 Å². The smallest absolute Gasteiger partial charge is 0.314 e. The minimum atomic E-state index is -0.735. The lowest BCUT2D eigenvalue weighted by Crippen LogP contribution is -2.42. The molecule has 22 heavy (non-hydrogen) atoms. The molecule has 0 aromatic heterocycles. The number of carboxylic acids is 1.